The number of cyclic esters (lactones) is 1. The van der Waals surface area contributed by atoms with Gasteiger partial charge in [0.05, 0.1) is 5.54 Å². The predicted molar refractivity (Wildman–Crippen MR) is 61.0 cm³/mol. The van der Waals surface area contributed by atoms with Gasteiger partial charge in [-0.15, -0.1) is 0 Å². The Kier molecular flexibility index (Phi) is 2.98. The summed E-state index contributed by atoms with van der Waals surface area (Å²) in [5, 5.41) is 0. The van der Waals surface area contributed by atoms with Gasteiger partial charge in [-0.05, 0) is 27.2 Å². The number of hydrogen-bond acceptors (Lipinski definition) is 4. The number of nitrogens with zero attached hydrogens (tertiary/aromatic N) is 1. The van der Waals surface area contributed by atoms with Gasteiger partial charge in [-0.25, -0.2) is 23.3 Å². The third-order valence-electron chi connectivity index (χ3n) is 3.24. The van der Waals surface area contributed by atoms with Crippen molar-refractivity contribution < 1.29 is 27.8 Å². The quantitative estimate of drug-likeness (QED) is 0.683. The van der Waals surface area contributed by atoms with Crippen LogP contribution in [0.4, 0.5) is 18.4 Å². The van der Waals surface area contributed by atoms with Crippen LogP contribution in [0.25, 0.3) is 0 Å². The van der Waals surface area contributed by atoms with Crippen LogP contribution >= 0.6 is 0 Å². The summed E-state index contributed by atoms with van der Waals surface area (Å²) in [4.78, 5) is 24.4. The number of carbonyl (C=O) groups excluding carboxylic acids is 2. The van der Waals surface area contributed by atoms with Crippen molar-refractivity contribution in [2.24, 2.45) is 0 Å². The fourth-order valence-electron chi connectivity index (χ4n) is 2.48. The molecule has 1 aliphatic carbocycles. The summed E-state index contributed by atoms with van der Waals surface area (Å²) in [5.74, 6) is -2.88. The van der Waals surface area contributed by atoms with Gasteiger partial charge in [-0.2, -0.15) is 0 Å². The molecule has 1 aliphatic heterocycles. The van der Waals surface area contributed by atoms with Crippen molar-refractivity contribution in [2.75, 3.05) is 6.61 Å². The molecule has 108 valence electrons. The molecule has 0 aromatic rings. The number of rotatable bonds is 0. The van der Waals surface area contributed by atoms with Crippen LogP contribution in [-0.2, 0) is 9.47 Å². The molecule has 1 saturated carbocycles. The molecule has 0 aromatic carbocycles. The lowest BCUT2D eigenvalue weighted by Crippen LogP contribution is -2.51. The van der Waals surface area contributed by atoms with Crippen LogP contribution < -0.4 is 0 Å². The molecule has 1 atom stereocenters. The molecule has 2 fully saturated rings. The summed E-state index contributed by atoms with van der Waals surface area (Å²) >= 11 is 0. The van der Waals surface area contributed by atoms with E-state index in [-0.39, 0.29) is 19.4 Å². The molecular formula is C12H17F2NO4. The van der Waals surface area contributed by atoms with E-state index in [1.807, 2.05) is 0 Å². The average molecular weight is 277 g/mol. The van der Waals surface area contributed by atoms with Crippen molar-refractivity contribution >= 4 is 12.2 Å². The largest absolute Gasteiger partial charge is 0.446 e. The average Bonchev–Trinajstić information content (AvgIpc) is 2.66. The van der Waals surface area contributed by atoms with Crippen LogP contribution in [0, 0.1) is 0 Å². The summed E-state index contributed by atoms with van der Waals surface area (Å²) in [6, 6.07) is 0. The summed E-state index contributed by atoms with van der Waals surface area (Å²) in [5.41, 5.74) is -2.06. The smallest absolute Gasteiger partial charge is 0.420 e. The van der Waals surface area contributed by atoms with E-state index in [4.69, 9.17) is 9.47 Å². The fraction of sp³-hybridized carbons (Fsp3) is 0.833. The summed E-state index contributed by atoms with van der Waals surface area (Å²) in [7, 11) is 0. The number of imide groups is 1. The SMILES string of the molecule is CC(C)(C)OC(=O)N1C(=O)OC[C@@]12CCC(F)(F)C2. The Balaban J connectivity index is 2.22. The fourth-order valence-corrected chi connectivity index (χ4v) is 2.48. The predicted octanol–water partition coefficient (Wildman–Crippen LogP) is 2.93. The maximum absolute atomic E-state index is 13.4. The van der Waals surface area contributed by atoms with Crippen LogP contribution in [0.1, 0.15) is 40.0 Å². The van der Waals surface area contributed by atoms with Gasteiger partial charge in [0.2, 0.25) is 0 Å². The lowest BCUT2D eigenvalue weighted by Gasteiger charge is -2.31. The number of ether oxygens (including phenoxy) is 2. The van der Waals surface area contributed by atoms with Gasteiger partial charge in [0, 0.05) is 12.8 Å². The van der Waals surface area contributed by atoms with Gasteiger partial charge in [0.25, 0.3) is 5.92 Å². The van der Waals surface area contributed by atoms with Gasteiger partial charge in [-0.3, -0.25) is 0 Å². The highest BCUT2D eigenvalue weighted by atomic mass is 19.3. The Morgan fingerprint density at radius 2 is 2.00 bits per heavy atom. The van der Waals surface area contributed by atoms with E-state index in [0.717, 1.165) is 4.90 Å². The highest BCUT2D eigenvalue weighted by molar-refractivity contribution is 5.90. The van der Waals surface area contributed by atoms with Crippen molar-refractivity contribution in [2.45, 2.75) is 57.1 Å². The van der Waals surface area contributed by atoms with E-state index in [0.29, 0.717) is 0 Å². The first-order valence-electron chi connectivity index (χ1n) is 6.13. The molecule has 0 N–H and O–H groups in total. The molecule has 1 spiro atoms. The molecule has 2 amide bonds. The maximum Gasteiger partial charge on any atom is 0.420 e. The second kappa shape index (κ2) is 4.05. The maximum atomic E-state index is 13.4. The third kappa shape index (κ3) is 2.64. The zero-order valence-electron chi connectivity index (χ0n) is 11.2. The minimum absolute atomic E-state index is 0.0327. The highest BCUT2D eigenvalue weighted by Crippen LogP contribution is 2.47. The highest BCUT2D eigenvalue weighted by Gasteiger charge is 2.61. The second-order valence-electron chi connectivity index (χ2n) is 6.13. The molecule has 0 radical (unpaired) electrons. The Bertz CT molecular complexity index is 418. The summed E-state index contributed by atoms with van der Waals surface area (Å²) in [6.45, 7) is 4.73. The van der Waals surface area contributed by atoms with Gasteiger partial charge < -0.3 is 9.47 Å². The number of alkyl halides is 2. The number of halogens is 2. The minimum Gasteiger partial charge on any atom is -0.446 e. The molecule has 0 aromatic heterocycles. The van der Waals surface area contributed by atoms with Crippen LogP contribution in [-0.4, -0.2) is 40.8 Å². The van der Waals surface area contributed by atoms with Gasteiger partial charge >= 0.3 is 12.2 Å². The molecule has 0 bridgehead atoms. The number of amides is 2. The van der Waals surface area contributed by atoms with E-state index in [2.05, 4.69) is 0 Å². The van der Waals surface area contributed by atoms with Crippen LogP contribution in [0.2, 0.25) is 0 Å². The molecule has 2 rings (SSSR count). The van der Waals surface area contributed by atoms with Crippen molar-refractivity contribution in [1.29, 1.82) is 0 Å². The van der Waals surface area contributed by atoms with E-state index < -0.39 is 35.7 Å². The van der Waals surface area contributed by atoms with Gasteiger partial charge in [0.15, 0.2) is 0 Å². The number of carbonyl (C=O) groups is 2. The third-order valence-corrected chi connectivity index (χ3v) is 3.24. The van der Waals surface area contributed by atoms with E-state index in [1.165, 1.54) is 0 Å². The number of hydrogen-bond donors (Lipinski definition) is 0. The van der Waals surface area contributed by atoms with Crippen molar-refractivity contribution in [3.8, 4) is 0 Å². The zero-order chi connectivity index (χ0) is 14.5. The summed E-state index contributed by atoms with van der Waals surface area (Å²) < 4.78 is 36.7. The monoisotopic (exact) mass is 277 g/mol. The summed E-state index contributed by atoms with van der Waals surface area (Å²) in [6.07, 6.45) is -2.72. The molecule has 2 aliphatic rings. The van der Waals surface area contributed by atoms with E-state index in [9.17, 15) is 18.4 Å². The minimum atomic E-state index is -2.88. The Morgan fingerprint density at radius 1 is 1.37 bits per heavy atom. The molecular weight excluding hydrogens is 260 g/mol. The molecule has 7 heteroatoms. The van der Waals surface area contributed by atoms with Crippen molar-refractivity contribution in [1.82, 2.24) is 4.90 Å². The van der Waals surface area contributed by atoms with Gasteiger partial charge in [-0.1, -0.05) is 0 Å². The Hall–Kier alpha value is -1.40. The first-order valence-corrected chi connectivity index (χ1v) is 6.13. The van der Waals surface area contributed by atoms with Crippen LogP contribution in [0.3, 0.4) is 0 Å². The Morgan fingerprint density at radius 3 is 2.47 bits per heavy atom. The molecule has 1 heterocycles. The topological polar surface area (TPSA) is 55.8 Å². The Labute approximate surface area is 109 Å². The van der Waals surface area contributed by atoms with Gasteiger partial charge in [0.1, 0.15) is 12.2 Å². The van der Waals surface area contributed by atoms with Crippen molar-refractivity contribution in [3.63, 3.8) is 0 Å². The van der Waals surface area contributed by atoms with E-state index in [1.54, 1.807) is 20.8 Å². The first-order chi connectivity index (χ1) is 8.55. The standard InChI is InChI=1S/C12H17F2NO4/c1-10(2,3)19-9(17)15-8(16)18-7-11(15)4-5-12(13,14)6-11/h4-7H2,1-3H3/t11-/m0/s1. The van der Waals surface area contributed by atoms with E-state index >= 15 is 0 Å². The lowest BCUT2D eigenvalue weighted by molar-refractivity contribution is -0.0123. The van der Waals surface area contributed by atoms with Crippen LogP contribution in [0.5, 0.6) is 0 Å². The normalized spacial score (nSPS) is 29.7. The second-order valence-corrected chi connectivity index (χ2v) is 6.13. The molecule has 5 nitrogen and oxygen atoms in total. The van der Waals surface area contributed by atoms with Crippen LogP contribution in [0.15, 0.2) is 0 Å². The first kappa shape index (κ1) is 14.0. The molecule has 0 unspecified atom stereocenters. The van der Waals surface area contributed by atoms with Crippen molar-refractivity contribution in [3.05, 3.63) is 0 Å². The lowest BCUT2D eigenvalue weighted by atomic mass is 9.98. The zero-order valence-corrected chi connectivity index (χ0v) is 11.2. The molecule has 1 saturated heterocycles. The molecule has 19 heavy (non-hydrogen) atoms.